The molecule has 1 amide bonds. The summed E-state index contributed by atoms with van der Waals surface area (Å²) in [6, 6.07) is 13.9. The number of aliphatic hydroxyl groups is 1. The van der Waals surface area contributed by atoms with Gasteiger partial charge in [0.05, 0.1) is 25.5 Å². The zero-order valence-corrected chi connectivity index (χ0v) is 14.3. The summed E-state index contributed by atoms with van der Waals surface area (Å²) >= 11 is 0. The summed E-state index contributed by atoms with van der Waals surface area (Å²) in [7, 11) is 3.15. The normalized spacial score (nSPS) is 11.8. The fourth-order valence-electron chi connectivity index (χ4n) is 2.00. The lowest BCUT2D eigenvalue weighted by molar-refractivity contribution is -0.112. The maximum atomic E-state index is 12.4. The van der Waals surface area contributed by atoms with E-state index in [0.29, 0.717) is 22.9 Å². The number of aliphatic hydroxyl groups excluding tert-OH is 1. The van der Waals surface area contributed by atoms with Crippen molar-refractivity contribution in [3.8, 4) is 11.5 Å². The van der Waals surface area contributed by atoms with Crippen molar-refractivity contribution >= 4 is 23.5 Å². The number of allylic oxidation sites excluding steroid dienone is 1. The van der Waals surface area contributed by atoms with Crippen LogP contribution in [0.2, 0.25) is 0 Å². The molecule has 0 saturated heterocycles. The minimum Gasteiger partial charge on any atom is -0.512 e. The summed E-state index contributed by atoms with van der Waals surface area (Å²) in [5.41, 5.74) is 1.30. The third kappa shape index (κ3) is 5.10. The van der Waals surface area contributed by atoms with E-state index in [9.17, 15) is 9.90 Å². The molecule has 130 valence electrons. The van der Waals surface area contributed by atoms with E-state index in [1.807, 2.05) is 0 Å². The minimum absolute atomic E-state index is 0.0756. The Morgan fingerprint density at radius 1 is 1.00 bits per heavy atom. The van der Waals surface area contributed by atoms with Gasteiger partial charge in [0.15, 0.2) is 0 Å². The highest BCUT2D eigenvalue weighted by atomic mass is 16.5. The SMILES string of the molecule is COc1ccc(N=C/C(C(=O)Nc2ccc(OC)cc2)=C(/C)O)cc1. The van der Waals surface area contributed by atoms with Crippen molar-refractivity contribution in [2.45, 2.75) is 6.92 Å². The molecule has 0 unspecified atom stereocenters. The van der Waals surface area contributed by atoms with Crippen molar-refractivity contribution in [3.63, 3.8) is 0 Å². The first-order chi connectivity index (χ1) is 12.0. The summed E-state index contributed by atoms with van der Waals surface area (Å²) < 4.78 is 10.2. The molecule has 25 heavy (non-hydrogen) atoms. The van der Waals surface area contributed by atoms with E-state index in [-0.39, 0.29) is 11.3 Å². The monoisotopic (exact) mass is 340 g/mol. The largest absolute Gasteiger partial charge is 0.512 e. The molecule has 2 aromatic rings. The number of anilines is 1. The van der Waals surface area contributed by atoms with Crippen molar-refractivity contribution in [2.24, 2.45) is 4.99 Å². The zero-order valence-electron chi connectivity index (χ0n) is 14.3. The molecule has 0 aliphatic heterocycles. The number of ether oxygens (including phenoxy) is 2. The van der Waals surface area contributed by atoms with Gasteiger partial charge in [-0.3, -0.25) is 9.79 Å². The van der Waals surface area contributed by atoms with Gasteiger partial charge in [-0.2, -0.15) is 0 Å². The molecule has 0 bridgehead atoms. The van der Waals surface area contributed by atoms with Crippen molar-refractivity contribution in [1.82, 2.24) is 0 Å². The predicted octanol–water partition coefficient (Wildman–Crippen LogP) is 3.88. The minimum atomic E-state index is -0.456. The van der Waals surface area contributed by atoms with Gasteiger partial charge in [0.2, 0.25) is 0 Å². The Kier molecular flexibility index (Phi) is 6.17. The summed E-state index contributed by atoms with van der Waals surface area (Å²) in [5.74, 6) is 0.823. The van der Waals surface area contributed by atoms with Gasteiger partial charge >= 0.3 is 0 Å². The van der Waals surface area contributed by atoms with E-state index in [1.54, 1.807) is 62.8 Å². The number of amides is 1. The fraction of sp³-hybridized carbons (Fsp3) is 0.158. The molecule has 2 rings (SSSR count). The number of nitrogens with one attached hydrogen (secondary N) is 1. The molecular weight excluding hydrogens is 320 g/mol. The van der Waals surface area contributed by atoms with E-state index >= 15 is 0 Å². The molecule has 0 atom stereocenters. The second-order valence-corrected chi connectivity index (χ2v) is 5.14. The Labute approximate surface area is 146 Å². The van der Waals surface area contributed by atoms with E-state index in [4.69, 9.17) is 9.47 Å². The van der Waals surface area contributed by atoms with Crippen molar-refractivity contribution < 1.29 is 19.4 Å². The lowest BCUT2D eigenvalue weighted by atomic mass is 10.2. The number of carbonyl (C=O) groups is 1. The molecule has 0 radical (unpaired) electrons. The summed E-state index contributed by atoms with van der Waals surface area (Å²) in [6.07, 6.45) is 1.33. The maximum Gasteiger partial charge on any atom is 0.260 e. The third-order valence-electron chi connectivity index (χ3n) is 3.40. The first kappa shape index (κ1) is 18.1. The van der Waals surface area contributed by atoms with Crippen LogP contribution in [0.5, 0.6) is 11.5 Å². The van der Waals surface area contributed by atoms with Crippen LogP contribution in [-0.4, -0.2) is 31.4 Å². The van der Waals surface area contributed by atoms with Crippen LogP contribution < -0.4 is 14.8 Å². The smallest absolute Gasteiger partial charge is 0.260 e. The van der Waals surface area contributed by atoms with Gasteiger partial charge in [-0.15, -0.1) is 0 Å². The average Bonchev–Trinajstić information content (AvgIpc) is 2.62. The molecule has 2 N–H and O–H groups in total. The number of aliphatic imine (C=N–C) groups is 1. The topological polar surface area (TPSA) is 80.2 Å². The highest BCUT2D eigenvalue weighted by molar-refractivity contribution is 6.18. The molecular formula is C19H20N2O4. The molecule has 2 aromatic carbocycles. The molecule has 0 heterocycles. The average molecular weight is 340 g/mol. The molecule has 0 aliphatic rings. The Hall–Kier alpha value is -3.28. The van der Waals surface area contributed by atoms with Crippen LogP contribution in [0.4, 0.5) is 11.4 Å². The molecule has 0 saturated carbocycles. The molecule has 0 spiro atoms. The Bertz CT molecular complexity index is 774. The standard InChI is InChI=1S/C19H20N2O4/c1-13(22)18(12-20-14-4-8-16(24-2)9-5-14)19(23)21-15-6-10-17(25-3)11-7-15/h4-12,22H,1-3H3,(H,21,23)/b18-13+,20-12?. The van der Waals surface area contributed by atoms with E-state index in [0.717, 1.165) is 0 Å². The Morgan fingerprint density at radius 2 is 1.52 bits per heavy atom. The first-order valence-electron chi connectivity index (χ1n) is 7.57. The molecule has 6 nitrogen and oxygen atoms in total. The van der Waals surface area contributed by atoms with Gasteiger partial charge in [-0.05, 0) is 55.5 Å². The maximum absolute atomic E-state index is 12.4. The number of nitrogens with zero attached hydrogens (tertiary/aromatic N) is 1. The van der Waals surface area contributed by atoms with E-state index < -0.39 is 5.91 Å². The lowest BCUT2D eigenvalue weighted by Crippen LogP contribution is -2.16. The summed E-state index contributed by atoms with van der Waals surface area (Å²) in [5, 5.41) is 12.5. The van der Waals surface area contributed by atoms with Crippen molar-refractivity contribution in [2.75, 3.05) is 19.5 Å². The number of hydrogen-bond donors (Lipinski definition) is 2. The third-order valence-corrected chi connectivity index (χ3v) is 3.40. The van der Waals surface area contributed by atoms with Crippen molar-refractivity contribution in [1.29, 1.82) is 0 Å². The molecule has 0 aliphatic carbocycles. The van der Waals surface area contributed by atoms with Crippen molar-refractivity contribution in [3.05, 3.63) is 59.9 Å². The lowest BCUT2D eigenvalue weighted by Gasteiger charge is -2.07. The van der Waals surface area contributed by atoms with Gasteiger partial charge in [0.25, 0.3) is 5.91 Å². The van der Waals surface area contributed by atoms with Crippen LogP contribution in [0.25, 0.3) is 0 Å². The van der Waals surface area contributed by atoms with E-state index in [2.05, 4.69) is 10.3 Å². The van der Waals surface area contributed by atoms with E-state index in [1.165, 1.54) is 13.1 Å². The number of benzene rings is 2. The number of rotatable bonds is 6. The summed E-state index contributed by atoms with van der Waals surface area (Å²) in [4.78, 5) is 16.6. The van der Waals surface area contributed by atoms with Crippen LogP contribution in [0.1, 0.15) is 6.92 Å². The second-order valence-electron chi connectivity index (χ2n) is 5.14. The Morgan fingerprint density at radius 3 is 2.00 bits per heavy atom. The molecule has 0 aromatic heterocycles. The van der Waals surface area contributed by atoms with Crippen LogP contribution in [-0.2, 0) is 4.79 Å². The van der Waals surface area contributed by atoms with Gasteiger partial charge in [-0.25, -0.2) is 0 Å². The predicted molar refractivity (Wildman–Crippen MR) is 98.1 cm³/mol. The second kappa shape index (κ2) is 8.54. The highest BCUT2D eigenvalue weighted by Gasteiger charge is 2.11. The molecule has 6 heteroatoms. The summed E-state index contributed by atoms with van der Waals surface area (Å²) in [6.45, 7) is 1.43. The fourth-order valence-corrected chi connectivity index (χ4v) is 2.00. The number of hydrogen-bond acceptors (Lipinski definition) is 5. The Balaban J connectivity index is 2.12. The van der Waals surface area contributed by atoms with Gasteiger partial charge in [-0.1, -0.05) is 0 Å². The van der Waals surface area contributed by atoms with Gasteiger partial charge in [0, 0.05) is 11.9 Å². The van der Waals surface area contributed by atoms with Gasteiger partial charge in [0.1, 0.15) is 17.3 Å². The first-order valence-corrected chi connectivity index (χ1v) is 7.57. The zero-order chi connectivity index (χ0) is 18.2. The van der Waals surface area contributed by atoms with Crippen LogP contribution in [0.3, 0.4) is 0 Å². The van der Waals surface area contributed by atoms with Crippen LogP contribution >= 0.6 is 0 Å². The number of carbonyl (C=O) groups excluding carboxylic acids is 1. The highest BCUT2D eigenvalue weighted by Crippen LogP contribution is 2.19. The van der Waals surface area contributed by atoms with Crippen LogP contribution in [0, 0.1) is 0 Å². The quantitative estimate of drug-likeness (QED) is 0.475. The number of methoxy groups -OCH3 is 2. The molecule has 0 fully saturated rings. The van der Waals surface area contributed by atoms with Gasteiger partial charge < -0.3 is 19.9 Å². The van der Waals surface area contributed by atoms with Crippen LogP contribution in [0.15, 0.2) is 64.9 Å².